The molecule has 0 radical (unpaired) electrons. The van der Waals surface area contributed by atoms with Crippen molar-refractivity contribution in [3.05, 3.63) is 23.8 Å². The van der Waals surface area contributed by atoms with Crippen LogP contribution in [0.5, 0.6) is 5.75 Å². The van der Waals surface area contributed by atoms with E-state index in [1.807, 2.05) is 0 Å². The summed E-state index contributed by atoms with van der Waals surface area (Å²) in [4.78, 5) is 0. The molecule has 0 saturated carbocycles. The Hall–Kier alpha value is -1.35. The van der Waals surface area contributed by atoms with Crippen molar-refractivity contribution in [3.8, 4) is 17.6 Å². The Kier molecular flexibility index (Phi) is 4.70. The second-order valence-electron chi connectivity index (χ2n) is 3.04. The minimum absolute atomic E-state index is 0.0898. The van der Waals surface area contributed by atoms with Gasteiger partial charge in [0.25, 0.3) is 0 Å². The molecule has 0 fully saturated rings. The molecule has 1 aromatic rings. The van der Waals surface area contributed by atoms with Gasteiger partial charge < -0.3 is 10.5 Å². The van der Waals surface area contributed by atoms with Crippen LogP contribution in [0.15, 0.2) is 18.2 Å². The number of alkyl halides is 4. The van der Waals surface area contributed by atoms with Crippen LogP contribution in [-0.2, 0) is 0 Å². The van der Waals surface area contributed by atoms with Gasteiger partial charge in [0.15, 0.2) is 5.75 Å². The Morgan fingerprint density at radius 3 is 2.59 bits per heavy atom. The molecule has 0 atom stereocenters. The molecule has 0 saturated heterocycles. The molecule has 2 N–H and O–H groups in total. The number of nitrogens with two attached hydrogens (primary N) is 1. The molecule has 1 aromatic carbocycles. The minimum atomic E-state index is -4.74. The Morgan fingerprint density at radius 2 is 2.06 bits per heavy atom. The van der Waals surface area contributed by atoms with Crippen molar-refractivity contribution in [2.75, 3.05) is 11.1 Å². The van der Waals surface area contributed by atoms with Crippen LogP contribution in [0, 0.1) is 11.8 Å². The van der Waals surface area contributed by atoms with E-state index in [4.69, 9.17) is 5.73 Å². The van der Waals surface area contributed by atoms with Gasteiger partial charge in [0, 0.05) is 17.3 Å². The number of hydrogen-bond acceptors (Lipinski definition) is 2. The summed E-state index contributed by atoms with van der Waals surface area (Å²) in [6.07, 6.45) is -4.09. The van der Waals surface area contributed by atoms with E-state index in [1.54, 1.807) is 0 Å². The Morgan fingerprint density at radius 1 is 1.35 bits per heavy atom. The molecule has 6 heteroatoms. The molecule has 0 aliphatic carbocycles. The van der Waals surface area contributed by atoms with Gasteiger partial charge in [-0.15, -0.1) is 13.2 Å². The third-order valence-corrected chi connectivity index (χ3v) is 2.08. The molecule has 0 aliphatic heterocycles. The number of rotatable bonds is 2. The van der Waals surface area contributed by atoms with Crippen LogP contribution in [0.1, 0.15) is 12.0 Å². The van der Waals surface area contributed by atoms with E-state index in [0.29, 0.717) is 12.0 Å². The zero-order chi connectivity index (χ0) is 12.9. The van der Waals surface area contributed by atoms with E-state index < -0.39 is 12.1 Å². The maximum absolute atomic E-state index is 12.0. The smallest absolute Gasteiger partial charge is 0.404 e. The maximum Gasteiger partial charge on any atom is 0.573 e. The van der Waals surface area contributed by atoms with Crippen molar-refractivity contribution < 1.29 is 17.9 Å². The van der Waals surface area contributed by atoms with Gasteiger partial charge >= 0.3 is 6.36 Å². The van der Waals surface area contributed by atoms with Crippen molar-refractivity contribution in [1.29, 1.82) is 0 Å². The van der Waals surface area contributed by atoms with E-state index >= 15 is 0 Å². The molecule has 92 valence electrons. The van der Waals surface area contributed by atoms with Gasteiger partial charge in [-0.2, -0.15) is 0 Å². The van der Waals surface area contributed by atoms with E-state index in [1.165, 1.54) is 12.1 Å². The lowest BCUT2D eigenvalue weighted by atomic mass is 10.2. The quantitative estimate of drug-likeness (QED) is 0.517. The molecule has 0 bridgehead atoms. The summed E-state index contributed by atoms with van der Waals surface area (Å²) in [7, 11) is 0. The number of benzene rings is 1. The topological polar surface area (TPSA) is 35.2 Å². The first-order chi connectivity index (χ1) is 7.92. The van der Waals surface area contributed by atoms with Gasteiger partial charge in [-0.25, -0.2) is 0 Å². The molecular formula is C11H9BrF3NO. The number of anilines is 1. The fourth-order valence-electron chi connectivity index (χ4n) is 1.06. The largest absolute Gasteiger partial charge is 0.573 e. The summed E-state index contributed by atoms with van der Waals surface area (Å²) < 4.78 is 39.6. The van der Waals surface area contributed by atoms with Gasteiger partial charge in [-0.3, -0.25) is 0 Å². The minimum Gasteiger partial charge on any atom is -0.404 e. The van der Waals surface area contributed by atoms with Crippen LogP contribution in [0.4, 0.5) is 18.9 Å². The summed E-state index contributed by atoms with van der Waals surface area (Å²) in [5.41, 5.74) is 5.89. The first kappa shape index (κ1) is 13.7. The predicted octanol–water partition coefficient (Wildman–Crippen LogP) is 3.30. The van der Waals surface area contributed by atoms with Crippen LogP contribution in [0.25, 0.3) is 0 Å². The van der Waals surface area contributed by atoms with Gasteiger partial charge in [0.1, 0.15) is 0 Å². The lowest BCUT2D eigenvalue weighted by Crippen LogP contribution is -2.18. The highest BCUT2D eigenvalue weighted by atomic mass is 79.9. The second-order valence-corrected chi connectivity index (χ2v) is 3.83. The van der Waals surface area contributed by atoms with Crippen LogP contribution in [0.3, 0.4) is 0 Å². The van der Waals surface area contributed by atoms with Crippen LogP contribution < -0.4 is 10.5 Å². The van der Waals surface area contributed by atoms with Gasteiger partial charge in [-0.1, -0.05) is 27.8 Å². The van der Waals surface area contributed by atoms with Gasteiger partial charge in [0.05, 0.1) is 5.69 Å². The van der Waals surface area contributed by atoms with Crippen molar-refractivity contribution in [2.24, 2.45) is 0 Å². The maximum atomic E-state index is 12.0. The summed E-state index contributed by atoms with van der Waals surface area (Å²) in [6.45, 7) is 0. The van der Waals surface area contributed by atoms with Crippen molar-refractivity contribution >= 4 is 21.6 Å². The Balaban J connectivity index is 2.84. The van der Waals surface area contributed by atoms with Crippen LogP contribution >= 0.6 is 15.9 Å². The number of nitrogen functional groups attached to an aromatic ring is 1. The van der Waals surface area contributed by atoms with E-state index in [2.05, 4.69) is 32.5 Å². The molecule has 17 heavy (non-hydrogen) atoms. The van der Waals surface area contributed by atoms with Crippen LogP contribution in [0.2, 0.25) is 0 Å². The van der Waals surface area contributed by atoms with Gasteiger partial charge in [0.2, 0.25) is 0 Å². The van der Waals surface area contributed by atoms with Crippen molar-refractivity contribution in [1.82, 2.24) is 0 Å². The molecule has 0 heterocycles. The molecule has 0 aromatic heterocycles. The summed E-state index contributed by atoms with van der Waals surface area (Å²) in [6, 6.07) is 3.93. The molecule has 0 aliphatic rings. The Bertz CT molecular complexity index is 448. The molecule has 2 nitrogen and oxygen atoms in total. The average Bonchev–Trinajstić information content (AvgIpc) is 2.21. The zero-order valence-corrected chi connectivity index (χ0v) is 10.2. The molecular weight excluding hydrogens is 299 g/mol. The Labute approximate surface area is 105 Å². The zero-order valence-electron chi connectivity index (χ0n) is 8.64. The fourth-order valence-corrected chi connectivity index (χ4v) is 1.25. The van der Waals surface area contributed by atoms with Crippen molar-refractivity contribution in [2.45, 2.75) is 12.8 Å². The number of ether oxygens (including phenoxy) is 1. The predicted molar refractivity (Wildman–Crippen MR) is 62.8 cm³/mol. The first-order valence-corrected chi connectivity index (χ1v) is 5.74. The highest BCUT2D eigenvalue weighted by Gasteiger charge is 2.31. The summed E-state index contributed by atoms with van der Waals surface area (Å²) >= 11 is 3.21. The van der Waals surface area contributed by atoms with Crippen molar-refractivity contribution in [3.63, 3.8) is 0 Å². The van der Waals surface area contributed by atoms with Crippen LogP contribution in [-0.4, -0.2) is 11.7 Å². The lowest BCUT2D eigenvalue weighted by molar-refractivity contribution is -0.274. The first-order valence-electron chi connectivity index (χ1n) is 4.62. The molecule has 0 unspecified atom stereocenters. The number of hydrogen-bond donors (Lipinski definition) is 1. The normalized spacial score (nSPS) is 10.6. The highest BCUT2D eigenvalue weighted by molar-refractivity contribution is 9.09. The van der Waals surface area contributed by atoms with E-state index in [-0.39, 0.29) is 5.69 Å². The summed E-state index contributed by atoms with van der Waals surface area (Å²) in [5.74, 6) is 5.20. The van der Waals surface area contributed by atoms with Gasteiger partial charge in [-0.05, 0) is 18.2 Å². The van der Waals surface area contributed by atoms with E-state index in [0.717, 1.165) is 11.4 Å². The second kappa shape index (κ2) is 5.82. The monoisotopic (exact) mass is 307 g/mol. The highest BCUT2D eigenvalue weighted by Crippen LogP contribution is 2.28. The lowest BCUT2D eigenvalue weighted by Gasteiger charge is -2.10. The SMILES string of the molecule is Nc1cc(C#CCCBr)ccc1OC(F)(F)F. The number of halogens is 4. The third-order valence-electron chi connectivity index (χ3n) is 1.69. The molecule has 0 spiro atoms. The third kappa shape index (κ3) is 5.00. The molecule has 0 amide bonds. The fraction of sp³-hybridized carbons (Fsp3) is 0.273. The summed E-state index contributed by atoms with van der Waals surface area (Å²) in [5, 5.41) is 0.741. The molecule has 1 rings (SSSR count). The van der Waals surface area contributed by atoms with E-state index in [9.17, 15) is 13.2 Å². The average molecular weight is 308 g/mol. The standard InChI is InChI=1S/C11H9BrF3NO/c12-6-2-1-3-8-4-5-10(9(16)7-8)17-11(13,14)15/h4-5,7H,2,6,16H2.